The first kappa shape index (κ1) is 13.2. The molecule has 2 aromatic rings. The second-order valence-corrected chi connectivity index (χ2v) is 4.70. The van der Waals surface area contributed by atoms with E-state index in [4.69, 9.17) is 0 Å². The fraction of sp³-hybridized carbons (Fsp3) is 0.176. The quantitative estimate of drug-likeness (QED) is 0.604. The van der Waals surface area contributed by atoms with Crippen LogP contribution in [-0.2, 0) is 6.54 Å². The molecule has 0 bridgehead atoms. The SMILES string of the molecule is C=C(C)c1cccc(C(C)=O)[n+]1Cc1ccccc1. The monoisotopic (exact) mass is 252 g/mol. The lowest BCUT2D eigenvalue weighted by atomic mass is 10.1. The van der Waals surface area contributed by atoms with Gasteiger partial charge in [0.25, 0.3) is 0 Å². The summed E-state index contributed by atoms with van der Waals surface area (Å²) in [5.74, 6) is 0.0685. The van der Waals surface area contributed by atoms with Gasteiger partial charge in [-0.15, -0.1) is 0 Å². The number of ketones is 1. The minimum Gasteiger partial charge on any atom is -0.288 e. The summed E-state index contributed by atoms with van der Waals surface area (Å²) in [7, 11) is 0. The van der Waals surface area contributed by atoms with Gasteiger partial charge in [-0.25, -0.2) is 0 Å². The summed E-state index contributed by atoms with van der Waals surface area (Å²) in [6.07, 6.45) is 0. The Morgan fingerprint density at radius 1 is 1.00 bits per heavy atom. The minimum atomic E-state index is 0.0685. The van der Waals surface area contributed by atoms with Crippen LogP contribution in [0.25, 0.3) is 5.57 Å². The third kappa shape index (κ3) is 2.97. The highest BCUT2D eigenvalue weighted by molar-refractivity contribution is 5.90. The maximum atomic E-state index is 11.8. The molecule has 19 heavy (non-hydrogen) atoms. The van der Waals surface area contributed by atoms with Crippen molar-refractivity contribution in [2.45, 2.75) is 20.4 Å². The van der Waals surface area contributed by atoms with Crippen LogP contribution in [0, 0.1) is 0 Å². The molecule has 2 nitrogen and oxygen atoms in total. The van der Waals surface area contributed by atoms with Crippen molar-refractivity contribution < 1.29 is 9.36 Å². The Balaban J connectivity index is 2.52. The van der Waals surface area contributed by atoms with Crippen LogP contribution < -0.4 is 4.57 Å². The molecule has 0 saturated heterocycles. The second kappa shape index (κ2) is 5.61. The second-order valence-electron chi connectivity index (χ2n) is 4.70. The molecule has 0 atom stereocenters. The Morgan fingerprint density at radius 3 is 2.21 bits per heavy atom. The summed E-state index contributed by atoms with van der Waals surface area (Å²) < 4.78 is 2.03. The number of carbonyl (C=O) groups is 1. The van der Waals surface area contributed by atoms with Gasteiger partial charge < -0.3 is 0 Å². The van der Waals surface area contributed by atoms with Crippen LogP contribution in [0.5, 0.6) is 0 Å². The van der Waals surface area contributed by atoms with Crippen LogP contribution in [0.3, 0.4) is 0 Å². The molecule has 0 saturated carbocycles. The van der Waals surface area contributed by atoms with E-state index < -0.39 is 0 Å². The molecule has 1 aromatic heterocycles. The first-order valence-corrected chi connectivity index (χ1v) is 6.33. The van der Waals surface area contributed by atoms with Crippen molar-refractivity contribution in [1.82, 2.24) is 0 Å². The zero-order valence-electron chi connectivity index (χ0n) is 11.4. The molecule has 0 radical (unpaired) electrons. The summed E-state index contributed by atoms with van der Waals surface area (Å²) in [6.45, 7) is 8.23. The summed E-state index contributed by atoms with van der Waals surface area (Å²) >= 11 is 0. The van der Waals surface area contributed by atoms with Gasteiger partial charge in [0.05, 0.1) is 0 Å². The highest BCUT2D eigenvalue weighted by Gasteiger charge is 2.20. The van der Waals surface area contributed by atoms with Gasteiger partial charge in [-0.05, 0) is 13.0 Å². The van der Waals surface area contributed by atoms with Gasteiger partial charge in [-0.2, -0.15) is 4.57 Å². The number of hydrogen-bond donors (Lipinski definition) is 0. The predicted octanol–water partition coefficient (Wildman–Crippen LogP) is 3.26. The van der Waals surface area contributed by atoms with E-state index in [1.54, 1.807) is 6.92 Å². The molecule has 0 amide bonds. The van der Waals surface area contributed by atoms with Crippen LogP contribution in [-0.4, -0.2) is 5.78 Å². The summed E-state index contributed by atoms with van der Waals surface area (Å²) in [5, 5.41) is 0. The van der Waals surface area contributed by atoms with Gasteiger partial charge in [0.1, 0.15) is 0 Å². The van der Waals surface area contributed by atoms with E-state index in [0.717, 1.165) is 11.3 Å². The molecule has 0 spiro atoms. The number of rotatable bonds is 4. The number of Topliss-reactive ketones (excluding diaryl/α,β-unsaturated/α-hetero) is 1. The molecule has 0 aliphatic carbocycles. The molecule has 2 heteroatoms. The normalized spacial score (nSPS) is 10.2. The van der Waals surface area contributed by atoms with Gasteiger partial charge in [0.15, 0.2) is 6.54 Å². The molecular weight excluding hydrogens is 234 g/mol. The van der Waals surface area contributed by atoms with Gasteiger partial charge >= 0.3 is 0 Å². The van der Waals surface area contributed by atoms with E-state index in [2.05, 4.69) is 18.7 Å². The topological polar surface area (TPSA) is 20.9 Å². The third-order valence-electron chi connectivity index (χ3n) is 3.07. The maximum absolute atomic E-state index is 11.8. The van der Waals surface area contributed by atoms with Crippen molar-refractivity contribution in [2.75, 3.05) is 0 Å². The highest BCUT2D eigenvalue weighted by Crippen LogP contribution is 2.09. The van der Waals surface area contributed by atoms with Gasteiger partial charge in [-0.1, -0.05) is 36.9 Å². The summed E-state index contributed by atoms with van der Waals surface area (Å²) in [6, 6.07) is 15.9. The van der Waals surface area contributed by atoms with Crippen molar-refractivity contribution in [3.8, 4) is 0 Å². The molecular formula is C17H18NO+. The zero-order valence-corrected chi connectivity index (χ0v) is 11.4. The Kier molecular flexibility index (Phi) is 3.91. The highest BCUT2D eigenvalue weighted by atomic mass is 16.1. The summed E-state index contributed by atoms with van der Waals surface area (Å²) in [4.78, 5) is 11.8. The summed E-state index contributed by atoms with van der Waals surface area (Å²) in [5.41, 5.74) is 3.84. The van der Waals surface area contributed by atoms with Crippen molar-refractivity contribution in [2.24, 2.45) is 0 Å². The number of aromatic nitrogens is 1. The van der Waals surface area contributed by atoms with Crippen molar-refractivity contribution in [1.29, 1.82) is 0 Å². The molecule has 0 N–H and O–H groups in total. The van der Waals surface area contributed by atoms with Crippen LogP contribution in [0.2, 0.25) is 0 Å². The molecule has 0 aliphatic rings. The van der Waals surface area contributed by atoms with E-state index in [1.165, 1.54) is 5.56 Å². The smallest absolute Gasteiger partial charge is 0.249 e. The van der Waals surface area contributed by atoms with Crippen molar-refractivity contribution in [3.05, 3.63) is 72.1 Å². The molecule has 1 heterocycles. The third-order valence-corrected chi connectivity index (χ3v) is 3.07. The number of nitrogens with zero attached hydrogens (tertiary/aromatic N) is 1. The zero-order chi connectivity index (χ0) is 13.8. The van der Waals surface area contributed by atoms with E-state index in [0.29, 0.717) is 12.2 Å². The average molecular weight is 252 g/mol. The predicted molar refractivity (Wildman–Crippen MR) is 76.9 cm³/mol. The minimum absolute atomic E-state index is 0.0685. The van der Waals surface area contributed by atoms with Gasteiger partial charge in [0, 0.05) is 30.2 Å². The van der Waals surface area contributed by atoms with E-state index in [-0.39, 0.29) is 5.78 Å². The lowest BCUT2D eigenvalue weighted by molar-refractivity contribution is -0.692. The Labute approximate surface area is 114 Å². The molecule has 1 aromatic carbocycles. The number of benzene rings is 1. The lowest BCUT2D eigenvalue weighted by Crippen LogP contribution is -2.44. The first-order chi connectivity index (χ1) is 9.09. The molecule has 2 rings (SSSR count). The van der Waals surface area contributed by atoms with E-state index >= 15 is 0 Å². The standard InChI is InChI=1S/C17H18NO/c1-13(2)16-10-7-11-17(14(3)19)18(16)12-15-8-5-4-6-9-15/h4-11H,1,12H2,2-3H3/q+1. The van der Waals surface area contributed by atoms with Crippen LogP contribution >= 0.6 is 0 Å². The fourth-order valence-corrected chi connectivity index (χ4v) is 2.16. The van der Waals surface area contributed by atoms with E-state index in [1.807, 2.05) is 47.9 Å². The number of carbonyl (C=O) groups excluding carboxylic acids is 1. The van der Waals surface area contributed by atoms with Gasteiger partial charge in [0.2, 0.25) is 17.2 Å². The Morgan fingerprint density at radius 2 is 1.63 bits per heavy atom. The van der Waals surface area contributed by atoms with E-state index in [9.17, 15) is 4.79 Å². The van der Waals surface area contributed by atoms with Crippen molar-refractivity contribution >= 4 is 11.4 Å². The first-order valence-electron chi connectivity index (χ1n) is 6.33. The van der Waals surface area contributed by atoms with Crippen LogP contribution in [0.4, 0.5) is 0 Å². The van der Waals surface area contributed by atoms with Gasteiger partial charge in [-0.3, -0.25) is 4.79 Å². The Bertz CT molecular complexity index is 582. The number of allylic oxidation sites excluding steroid dienone is 1. The molecule has 0 aliphatic heterocycles. The Hall–Kier alpha value is -2.22. The largest absolute Gasteiger partial charge is 0.288 e. The average Bonchev–Trinajstić information content (AvgIpc) is 2.39. The molecule has 0 fully saturated rings. The molecule has 96 valence electrons. The fourth-order valence-electron chi connectivity index (χ4n) is 2.16. The maximum Gasteiger partial charge on any atom is 0.249 e. The van der Waals surface area contributed by atoms with Crippen LogP contribution in [0.15, 0.2) is 55.1 Å². The van der Waals surface area contributed by atoms with Crippen LogP contribution in [0.1, 0.15) is 35.6 Å². The number of hydrogen-bond acceptors (Lipinski definition) is 1. The van der Waals surface area contributed by atoms with Crippen molar-refractivity contribution in [3.63, 3.8) is 0 Å². The number of pyridine rings is 1. The molecule has 0 unspecified atom stereocenters. The lowest BCUT2D eigenvalue weighted by Gasteiger charge is -2.07.